The Labute approximate surface area is 155 Å². The van der Waals surface area contributed by atoms with Crippen LogP contribution >= 0.6 is 11.3 Å². The third-order valence-electron chi connectivity index (χ3n) is 4.23. The summed E-state index contributed by atoms with van der Waals surface area (Å²) in [5.41, 5.74) is 0.909. The molecule has 0 N–H and O–H groups in total. The molecule has 0 radical (unpaired) electrons. The second-order valence-corrected chi connectivity index (χ2v) is 7.11. The fourth-order valence-corrected chi connectivity index (χ4v) is 3.78. The van der Waals surface area contributed by atoms with Crippen molar-refractivity contribution < 1.29 is 14.4 Å². The van der Waals surface area contributed by atoms with Crippen molar-refractivity contribution in [2.24, 2.45) is 5.92 Å². The van der Waals surface area contributed by atoms with Gasteiger partial charge >= 0.3 is 0 Å². The average Bonchev–Trinajstić information content (AvgIpc) is 3.11. The molecular weight excluding hydrogens is 348 g/mol. The molecule has 26 heavy (non-hydrogen) atoms. The summed E-state index contributed by atoms with van der Waals surface area (Å²) >= 11 is 1.48. The molecule has 0 aliphatic carbocycles. The number of amides is 1. The predicted molar refractivity (Wildman–Crippen MR) is 100.0 cm³/mol. The highest BCUT2D eigenvalue weighted by Gasteiger charge is 2.41. The molecule has 5 nitrogen and oxygen atoms in total. The van der Waals surface area contributed by atoms with Crippen molar-refractivity contribution in [3.05, 3.63) is 57.8 Å². The Bertz CT molecular complexity index is 952. The zero-order valence-electron chi connectivity index (χ0n) is 14.1. The number of aryl methyl sites for hydroxylation is 1. The normalized spacial score (nSPS) is 16.6. The first kappa shape index (κ1) is 17.8. The lowest BCUT2D eigenvalue weighted by atomic mass is 9.87. The van der Waals surface area contributed by atoms with Gasteiger partial charge < -0.3 is 4.90 Å². The van der Waals surface area contributed by atoms with Crippen molar-refractivity contribution in [1.29, 1.82) is 5.26 Å². The standard InChI is InChI=1S/C20H16N2O3S/c1-22-16-7-3-2-6-15(16)19(24)18(20(22)25)17(23)11-10-14-9-8-13(26-14)5-4-12-21/h2-3,6-11,18H,4-5H2,1H3/b11-10+. The van der Waals surface area contributed by atoms with E-state index >= 15 is 0 Å². The molecule has 1 aromatic heterocycles. The number of carbonyl (C=O) groups is 3. The van der Waals surface area contributed by atoms with Crippen LogP contribution in [0.25, 0.3) is 6.08 Å². The van der Waals surface area contributed by atoms with Gasteiger partial charge in [-0.05, 0) is 42.8 Å². The molecule has 3 rings (SSSR count). The number of benzene rings is 1. The van der Waals surface area contributed by atoms with Crippen LogP contribution in [0.15, 0.2) is 42.5 Å². The van der Waals surface area contributed by atoms with Crippen LogP contribution in [0.3, 0.4) is 0 Å². The smallest absolute Gasteiger partial charge is 0.245 e. The monoisotopic (exact) mass is 364 g/mol. The number of anilines is 1. The van der Waals surface area contributed by atoms with Crippen LogP contribution in [0.5, 0.6) is 0 Å². The zero-order chi connectivity index (χ0) is 18.7. The molecule has 130 valence electrons. The number of hydrogen-bond acceptors (Lipinski definition) is 5. The van der Waals surface area contributed by atoms with Crippen LogP contribution < -0.4 is 4.90 Å². The summed E-state index contributed by atoms with van der Waals surface area (Å²) in [6.45, 7) is 0. The van der Waals surface area contributed by atoms with Crippen LogP contribution in [-0.4, -0.2) is 24.5 Å². The van der Waals surface area contributed by atoms with Crippen LogP contribution in [-0.2, 0) is 16.0 Å². The van der Waals surface area contributed by atoms with E-state index in [9.17, 15) is 14.4 Å². The fraction of sp³-hybridized carbons (Fsp3) is 0.200. The van der Waals surface area contributed by atoms with E-state index in [0.29, 0.717) is 24.1 Å². The van der Waals surface area contributed by atoms with Crippen molar-refractivity contribution >= 4 is 40.6 Å². The van der Waals surface area contributed by atoms with Gasteiger partial charge in [-0.15, -0.1) is 11.3 Å². The Kier molecular flexibility index (Phi) is 5.10. The van der Waals surface area contributed by atoms with Crippen molar-refractivity contribution in [3.8, 4) is 6.07 Å². The van der Waals surface area contributed by atoms with E-state index in [2.05, 4.69) is 6.07 Å². The molecule has 0 saturated heterocycles. The van der Waals surface area contributed by atoms with E-state index in [4.69, 9.17) is 5.26 Å². The Morgan fingerprint density at radius 1 is 1.27 bits per heavy atom. The molecule has 0 bridgehead atoms. The van der Waals surface area contributed by atoms with Gasteiger partial charge in [-0.2, -0.15) is 5.26 Å². The van der Waals surface area contributed by atoms with E-state index < -0.39 is 23.4 Å². The SMILES string of the molecule is CN1C(=O)C(C(=O)/C=C/c2ccc(CCC#N)s2)C(=O)c2ccccc21. The number of nitriles is 1. The first-order valence-electron chi connectivity index (χ1n) is 8.11. The molecule has 1 aromatic carbocycles. The van der Waals surface area contributed by atoms with Gasteiger partial charge in [0.05, 0.1) is 11.8 Å². The number of para-hydroxylation sites is 1. The third kappa shape index (κ3) is 3.35. The summed E-state index contributed by atoms with van der Waals surface area (Å²) in [7, 11) is 1.57. The number of hydrogen-bond donors (Lipinski definition) is 0. The Balaban J connectivity index is 1.79. The Morgan fingerprint density at radius 2 is 2.04 bits per heavy atom. The molecule has 1 aliphatic heterocycles. The summed E-state index contributed by atoms with van der Waals surface area (Å²) in [6.07, 6.45) is 4.02. The molecule has 0 fully saturated rings. The topological polar surface area (TPSA) is 78.2 Å². The average molecular weight is 364 g/mol. The number of rotatable bonds is 5. The summed E-state index contributed by atoms with van der Waals surface area (Å²) in [5, 5.41) is 8.62. The second-order valence-electron chi connectivity index (χ2n) is 5.91. The van der Waals surface area contributed by atoms with Crippen LogP contribution in [0, 0.1) is 17.2 Å². The number of ketones is 2. The van der Waals surface area contributed by atoms with Gasteiger partial charge in [-0.3, -0.25) is 14.4 Å². The molecule has 0 spiro atoms. The molecule has 1 aliphatic rings. The van der Waals surface area contributed by atoms with Crippen LogP contribution in [0.1, 0.15) is 26.5 Å². The minimum atomic E-state index is -1.33. The highest BCUT2D eigenvalue weighted by Crippen LogP contribution is 2.30. The van der Waals surface area contributed by atoms with Gasteiger partial charge in [0.1, 0.15) is 0 Å². The maximum absolute atomic E-state index is 12.6. The van der Waals surface area contributed by atoms with Crippen LogP contribution in [0.4, 0.5) is 5.69 Å². The lowest BCUT2D eigenvalue weighted by molar-refractivity contribution is -0.128. The highest BCUT2D eigenvalue weighted by atomic mass is 32.1. The maximum Gasteiger partial charge on any atom is 0.245 e. The van der Waals surface area contributed by atoms with E-state index in [-0.39, 0.29) is 0 Å². The van der Waals surface area contributed by atoms with E-state index in [1.54, 1.807) is 37.4 Å². The number of nitrogens with zero attached hydrogens (tertiary/aromatic N) is 2. The summed E-state index contributed by atoms with van der Waals surface area (Å²) < 4.78 is 0. The Morgan fingerprint density at radius 3 is 2.81 bits per heavy atom. The van der Waals surface area contributed by atoms with Gasteiger partial charge in [0, 0.05) is 28.8 Å². The molecule has 0 saturated carbocycles. The first-order valence-corrected chi connectivity index (χ1v) is 8.93. The zero-order valence-corrected chi connectivity index (χ0v) is 15.0. The fourth-order valence-electron chi connectivity index (χ4n) is 2.86. The first-order chi connectivity index (χ1) is 12.5. The molecule has 1 amide bonds. The lowest BCUT2D eigenvalue weighted by Gasteiger charge is -2.29. The van der Waals surface area contributed by atoms with Crippen LogP contribution in [0.2, 0.25) is 0 Å². The van der Waals surface area contributed by atoms with Gasteiger partial charge in [-0.1, -0.05) is 12.1 Å². The second kappa shape index (κ2) is 7.46. The molecule has 2 heterocycles. The molecule has 2 aromatic rings. The van der Waals surface area contributed by atoms with Crippen molar-refractivity contribution in [3.63, 3.8) is 0 Å². The summed E-state index contributed by atoms with van der Waals surface area (Å²) in [4.78, 5) is 40.9. The number of fused-ring (bicyclic) bond motifs is 1. The van der Waals surface area contributed by atoms with E-state index in [1.165, 1.54) is 22.3 Å². The van der Waals surface area contributed by atoms with E-state index in [1.807, 2.05) is 12.1 Å². The lowest BCUT2D eigenvalue weighted by Crippen LogP contribution is -2.45. The number of allylic oxidation sites excluding steroid dienone is 1. The van der Waals surface area contributed by atoms with Crippen molar-refractivity contribution in [2.75, 3.05) is 11.9 Å². The van der Waals surface area contributed by atoms with Gasteiger partial charge in [0.25, 0.3) is 0 Å². The summed E-state index contributed by atoms with van der Waals surface area (Å²) in [5.74, 6) is -2.82. The molecule has 6 heteroatoms. The largest absolute Gasteiger partial charge is 0.314 e. The quantitative estimate of drug-likeness (QED) is 0.603. The minimum Gasteiger partial charge on any atom is -0.314 e. The van der Waals surface area contributed by atoms with Gasteiger partial charge in [0.2, 0.25) is 5.91 Å². The van der Waals surface area contributed by atoms with Gasteiger partial charge in [0.15, 0.2) is 17.5 Å². The van der Waals surface area contributed by atoms with E-state index in [0.717, 1.165) is 9.75 Å². The minimum absolute atomic E-state index is 0.385. The van der Waals surface area contributed by atoms with Gasteiger partial charge in [-0.25, -0.2) is 0 Å². The highest BCUT2D eigenvalue weighted by molar-refractivity contribution is 7.12. The number of carbonyl (C=O) groups excluding carboxylic acids is 3. The number of Topliss-reactive ketones (excluding diaryl/α,β-unsaturated/α-hetero) is 1. The van der Waals surface area contributed by atoms with Crippen molar-refractivity contribution in [2.45, 2.75) is 12.8 Å². The Hall–Kier alpha value is -3.04. The summed E-state index contributed by atoms with van der Waals surface area (Å²) in [6, 6.07) is 12.6. The third-order valence-corrected chi connectivity index (χ3v) is 5.34. The maximum atomic E-state index is 12.6. The van der Waals surface area contributed by atoms with Crippen molar-refractivity contribution in [1.82, 2.24) is 0 Å². The molecular formula is C20H16N2O3S. The predicted octanol–water partition coefficient (Wildman–Crippen LogP) is 3.26. The number of thiophene rings is 1. The molecule has 1 unspecified atom stereocenters. The molecule has 1 atom stereocenters.